The maximum Gasteiger partial charge on any atom is 0.408 e. The van der Waals surface area contributed by atoms with E-state index in [1.54, 1.807) is 51.6 Å². The highest BCUT2D eigenvalue weighted by atomic mass is 32.2. The summed E-state index contributed by atoms with van der Waals surface area (Å²) in [7, 11) is 0. The number of thioether (sulfide) groups is 1. The van der Waals surface area contributed by atoms with Crippen LogP contribution in [0.3, 0.4) is 0 Å². The van der Waals surface area contributed by atoms with E-state index in [9.17, 15) is 14.4 Å². The Balaban J connectivity index is 2.31. The standard InChI is InChI=1S/C21H27NO6S/c1-12-9-15-18(13(2)11-17(23)26-15)16(10-12)27-19(24)14(7-8-29-6)22-20(25)28-21(3,4)5/h9-11,14H,7-8H2,1-6H3,(H,22,25). The molecule has 2 aromatic rings. The number of hydrogen-bond donors (Lipinski definition) is 1. The minimum Gasteiger partial charge on any atom is -0.444 e. The Morgan fingerprint density at radius 3 is 2.52 bits per heavy atom. The molecule has 158 valence electrons. The lowest BCUT2D eigenvalue weighted by atomic mass is 10.1. The van der Waals surface area contributed by atoms with E-state index in [1.165, 1.54) is 6.07 Å². The van der Waals surface area contributed by atoms with Gasteiger partial charge in [0, 0.05) is 6.07 Å². The Kier molecular flexibility index (Phi) is 7.35. The molecule has 29 heavy (non-hydrogen) atoms. The summed E-state index contributed by atoms with van der Waals surface area (Å²) in [5, 5.41) is 3.14. The van der Waals surface area contributed by atoms with Crippen molar-refractivity contribution in [2.45, 2.75) is 52.7 Å². The first-order chi connectivity index (χ1) is 13.5. The molecule has 0 fully saturated rings. The van der Waals surface area contributed by atoms with Crippen LogP contribution in [0.1, 0.15) is 38.3 Å². The number of benzene rings is 1. The van der Waals surface area contributed by atoms with Crippen LogP contribution in [0.15, 0.2) is 27.4 Å². The number of alkyl carbamates (subject to hydrolysis) is 1. The van der Waals surface area contributed by atoms with Crippen molar-refractivity contribution in [3.63, 3.8) is 0 Å². The van der Waals surface area contributed by atoms with Crippen LogP contribution in [0.25, 0.3) is 11.0 Å². The van der Waals surface area contributed by atoms with Crippen molar-refractivity contribution in [1.29, 1.82) is 0 Å². The zero-order valence-corrected chi connectivity index (χ0v) is 18.4. The molecule has 1 N–H and O–H groups in total. The van der Waals surface area contributed by atoms with Gasteiger partial charge in [-0.15, -0.1) is 0 Å². The summed E-state index contributed by atoms with van der Waals surface area (Å²) in [4.78, 5) is 36.7. The number of rotatable bonds is 6. The van der Waals surface area contributed by atoms with E-state index >= 15 is 0 Å². The smallest absolute Gasteiger partial charge is 0.408 e. The average Bonchev–Trinajstić information content (AvgIpc) is 2.55. The van der Waals surface area contributed by atoms with Crippen molar-refractivity contribution < 1.29 is 23.5 Å². The Bertz CT molecular complexity index is 960. The summed E-state index contributed by atoms with van der Waals surface area (Å²) in [6.45, 7) is 8.80. The molecule has 0 aliphatic heterocycles. The van der Waals surface area contributed by atoms with E-state index in [1.807, 2.05) is 13.2 Å². The Hall–Kier alpha value is -2.48. The number of amides is 1. The molecule has 0 saturated carbocycles. The van der Waals surface area contributed by atoms with Gasteiger partial charge in [-0.3, -0.25) is 0 Å². The quantitative estimate of drug-likeness (QED) is 0.428. The summed E-state index contributed by atoms with van der Waals surface area (Å²) in [5.74, 6) is 0.326. The van der Waals surface area contributed by atoms with E-state index in [0.29, 0.717) is 28.7 Å². The lowest BCUT2D eigenvalue weighted by Gasteiger charge is -2.23. The molecule has 0 radical (unpaired) electrons. The third kappa shape index (κ3) is 6.52. The summed E-state index contributed by atoms with van der Waals surface area (Å²) in [6, 6.07) is 3.89. The number of carbonyl (C=O) groups is 2. The van der Waals surface area contributed by atoms with Gasteiger partial charge in [0.05, 0.1) is 5.39 Å². The van der Waals surface area contributed by atoms with E-state index in [0.717, 1.165) is 5.56 Å². The first-order valence-electron chi connectivity index (χ1n) is 9.25. The molecular formula is C21H27NO6S. The van der Waals surface area contributed by atoms with Gasteiger partial charge in [0.1, 0.15) is 23.0 Å². The number of aryl methyl sites for hydroxylation is 2. The first-order valence-corrected chi connectivity index (χ1v) is 10.6. The fourth-order valence-corrected chi connectivity index (χ4v) is 3.24. The fraction of sp³-hybridized carbons (Fsp3) is 0.476. The highest BCUT2D eigenvalue weighted by molar-refractivity contribution is 7.98. The van der Waals surface area contributed by atoms with Crippen LogP contribution in [-0.2, 0) is 9.53 Å². The molecule has 0 aliphatic carbocycles. The van der Waals surface area contributed by atoms with Crippen molar-refractivity contribution in [2.75, 3.05) is 12.0 Å². The SMILES string of the molecule is CSCCC(NC(=O)OC(C)(C)C)C(=O)Oc1cc(C)cc2oc(=O)cc(C)c12. The number of ether oxygens (including phenoxy) is 2. The second-order valence-electron chi connectivity index (χ2n) is 7.79. The molecular weight excluding hydrogens is 394 g/mol. The monoisotopic (exact) mass is 421 g/mol. The Morgan fingerprint density at radius 2 is 1.90 bits per heavy atom. The largest absolute Gasteiger partial charge is 0.444 e. The lowest BCUT2D eigenvalue weighted by Crippen LogP contribution is -2.45. The number of hydrogen-bond acceptors (Lipinski definition) is 7. The molecule has 1 unspecified atom stereocenters. The number of esters is 1. The molecule has 7 nitrogen and oxygen atoms in total. The summed E-state index contributed by atoms with van der Waals surface area (Å²) in [6.07, 6.45) is 1.61. The minimum atomic E-state index is -0.871. The van der Waals surface area contributed by atoms with Crippen molar-refractivity contribution in [2.24, 2.45) is 0 Å². The van der Waals surface area contributed by atoms with Gasteiger partial charge in [0.2, 0.25) is 0 Å². The van der Waals surface area contributed by atoms with E-state index < -0.39 is 29.3 Å². The Labute approximate surface area is 174 Å². The van der Waals surface area contributed by atoms with Crippen molar-refractivity contribution in [3.05, 3.63) is 39.7 Å². The second-order valence-corrected chi connectivity index (χ2v) is 8.77. The van der Waals surface area contributed by atoms with Crippen LogP contribution in [-0.4, -0.2) is 35.7 Å². The number of carbonyl (C=O) groups excluding carboxylic acids is 2. The van der Waals surface area contributed by atoms with Crippen LogP contribution >= 0.6 is 11.8 Å². The second kappa shape index (κ2) is 9.35. The van der Waals surface area contributed by atoms with Crippen molar-refractivity contribution in [1.82, 2.24) is 5.32 Å². The highest BCUT2D eigenvalue weighted by Gasteiger charge is 2.26. The van der Waals surface area contributed by atoms with Crippen LogP contribution in [0.5, 0.6) is 5.75 Å². The predicted molar refractivity (Wildman–Crippen MR) is 114 cm³/mol. The fourth-order valence-electron chi connectivity index (χ4n) is 2.77. The van der Waals surface area contributed by atoms with Crippen molar-refractivity contribution >= 4 is 34.8 Å². The predicted octanol–water partition coefficient (Wildman–Crippen LogP) is 3.96. The average molecular weight is 422 g/mol. The molecule has 1 heterocycles. The van der Waals surface area contributed by atoms with Gasteiger partial charge in [-0.05, 0) is 76.3 Å². The maximum atomic E-state index is 12.9. The van der Waals surface area contributed by atoms with E-state index in [2.05, 4.69) is 5.32 Å². The van der Waals surface area contributed by atoms with E-state index in [4.69, 9.17) is 13.9 Å². The molecule has 1 aromatic heterocycles. The molecule has 0 spiro atoms. The van der Waals surface area contributed by atoms with Gasteiger partial charge in [-0.25, -0.2) is 14.4 Å². The normalized spacial score (nSPS) is 12.5. The summed E-state index contributed by atoms with van der Waals surface area (Å²) >= 11 is 1.55. The third-order valence-corrected chi connectivity index (χ3v) is 4.59. The highest BCUT2D eigenvalue weighted by Crippen LogP contribution is 2.30. The van der Waals surface area contributed by atoms with Gasteiger partial charge < -0.3 is 19.2 Å². The topological polar surface area (TPSA) is 94.8 Å². The summed E-state index contributed by atoms with van der Waals surface area (Å²) in [5.41, 5.74) is 0.606. The molecule has 0 aliphatic rings. The number of fused-ring (bicyclic) bond motifs is 1. The minimum absolute atomic E-state index is 0.284. The Morgan fingerprint density at radius 1 is 1.21 bits per heavy atom. The van der Waals surface area contributed by atoms with Crippen LogP contribution in [0.4, 0.5) is 4.79 Å². The molecule has 0 saturated heterocycles. The number of nitrogens with one attached hydrogen (secondary N) is 1. The molecule has 2 rings (SSSR count). The van der Waals surface area contributed by atoms with Crippen LogP contribution in [0.2, 0.25) is 0 Å². The maximum absolute atomic E-state index is 12.9. The first kappa shape index (κ1) is 22.8. The zero-order valence-electron chi connectivity index (χ0n) is 17.6. The molecule has 8 heteroatoms. The third-order valence-electron chi connectivity index (χ3n) is 3.95. The van der Waals surface area contributed by atoms with Gasteiger partial charge in [-0.2, -0.15) is 11.8 Å². The van der Waals surface area contributed by atoms with Crippen LogP contribution < -0.4 is 15.7 Å². The van der Waals surface area contributed by atoms with Crippen LogP contribution in [0, 0.1) is 13.8 Å². The molecule has 1 aromatic carbocycles. The lowest BCUT2D eigenvalue weighted by molar-refractivity contribution is -0.136. The van der Waals surface area contributed by atoms with Gasteiger partial charge in [0.15, 0.2) is 0 Å². The van der Waals surface area contributed by atoms with E-state index in [-0.39, 0.29) is 5.75 Å². The van der Waals surface area contributed by atoms with Crippen molar-refractivity contribution in [3.8, 4) is 5.75 Å². The summed E-state index contributed by atoms with van der Waals surface area (Å²) < 4.78 is 16.1. The molecule has 1 amide bonds. The molecule has 1 atom stereocenters. The zero-order chi connectivity index (χ0) is 21.8. The van der Waals surface area contributed by atoms with Gasteiger partial charge >= 0.3 is 17.7 Å². The molecule has 0 bridgehead atoms. The van der Waals surface area contributed by atoms with Gasteiger partial charge in [-0.1, -0.05) is 0 Å². The van der Waals surface area contributed by atoms with Gasteiger partial charge in [0.25, 0.3) is 0 Å².